The highest BCUT2D eigenvalue weighted by molar-refractivity contribution is 9.10. The van der Waals surface area contributed by atoms with Crippen LogP contribution in [-0.2, 0) is 0 Å². The Morgan fingerprint density at radius 3 is 2.20 bits per heavy atom. The summed E-state index contributed by atoms with van der Waals surface area (Å²) in [6.45, 7) is 4.20. The fourth-order valence-electron chi connectivity index (χ4n) is 2.13. The van der Waals surface area contributed by atoms with Crippen molar-refractivity contribution in [3.63, 3.8) is 0 Å². The van der Waals surface area contributed by atoms with Gasteiger partial charge < -0.3 is 5.32 Å². The standard InChI is InChI=1S/C16H16Br2FN/c1-10(12-4-3-5-14(17)8-12)20-11(2)13-6-7-16(19)15(18)9-13/h3-11,20H,1-2H3/t10-,11?/m1/s1. The van der Waals surface area contributed by atoms with Gasteiger partial charge in [-0.1, -0.05) is 34.1 Å². The number of nitrogens with one attached hydrogen (secondary N) is 1. The molecule has 2 rings (SSSR count). The zero-order valence-electron chi connectivity index (χ0n) is 11.3. The minimum Gasteiger partial charge on any atom is -0.304 e. The van der Waals surface area contributed by atoms with Crippen LogP contribution in [0.1, 0.15) is 37.1 Å². The van der Waals surface area contributed by atoms with E-state index in [-0.39, 0.29) is 17.9 Å². The number of rotatable bonds is 4. The highest BCUT2D eigenvalue weighted by Gasteiger charge is 2.12. The Morgan fingerprint density at radius 1 is 0.950 bits per heavy atom. The van der Waals surface area contributed by atoms with Gasteiger partial charge in [-0.05, 0) is 65.2 Å². The van der Waals surface area contributed by atoms with Crippen molar-refractivity contribution in [1.82, 2.24) is 5.32 Å². The van der Waals surface area contributed by atoms with Crippen molar-refractivity contribution in [2.45, 2.75) is 25.9 Å². The lowest BCUT2D eigenvalue weighted by atomic mass is 10.0. The second kappa shape index (κ2) is 6.83. The maximum absolute atomic E-state index is 13.3. The lowest BCUT2D eigenvalue weighted by Gasteiger charge is -2.21. The van der Waals surface area contributed by atoms with E-state index in [0.29, 0.717) is 4.47 Å². The predicted octanol–water partition coefficient (Wildman–Crippen LogP) is 5.76. The largest absolute Gasteiger partial charge is 0.304 e. The van der Waals surface area contributed by atoms with Gasteiger partial charge >= 0.3 is 0 Å². The molecule has 106 valence electrons. The summed E-state index contributed by atoms with van der Waals surface area (Å²) in [6.07, 6.45) is 0. The van der Waals surface area contributed by atoms with Gasteiger partial charge in [-0.3, -0.25) is 0 Å². The van der Waals surface area contributed by atoms with Gasteiger partial charge in [-0.25, -0.2) is 4.39 Å². The topological polar surface area (TPSA) is 12.0 Å². The van der Waals surface area contributed by atoms with Gasteiger partial charge in [0.2, 0.25) is 0 Å². The third-order valence-corrected chi connectivity index (χ3v) is 4.39. The third-order valence-electron chi connectivity index (χ3n) is 3.29. The van der Waals surface area contributed by atoms with Gasteiger partial charge in [0, 0.05) is 16.6 Å². The molecule has 1 unspecified atom stereocenters. The van der Waals surface area contributed by atoms with Crippen molar-refractivity contribution < 1.29 is 4.39 Å². The molecule has 0 fully saturated rings. The second-order valence-electron chi connectivity index (χ2n) is 4.84. The molecule has 2 atom stereocenters. The first-order valence-electron chi connectivity index (χ1n) is 6.44. The number of hydrogen-bond acceptors (Lipinski definition) is 1. The first kappa shape index (κ1) is 15.7. The Bertz CT molecular complexity index is 601. The lowest BCUT2D eigenvalue weighted by Crippen LogP contribution is -2.22. The fraction of sp³-hybridized carbons (Fsp3) is 0.250. The van der Waals surface area contributed by atoms with Crippen LogP contribution in [0.15, 0.2) is 51.4 Å². The van der Waals surface area contributed by atoms with Crippen LogP contribution in [-0.4, -0.2) is 0 Å². The molecule has 0 aliphatic carbocycles. The fourth-order valence-corrected chi connectivity index (χ4v) is 2.94. The molecule has 0 amide bonds. The molecule has 0 aromatic heterocycles. The molecule has 0 bridgehead atoms. The van der Waals surface area contributed by atoms with E-state index in [1.165, 1.54) is 11.6 Å². The predicted molar refractivity (Wildman–Crippen MR) is 88.2 cm³/mol. The smallest absolute Gasteiger partial charge is 0.137 e. The normalized spacial score (nSPS) is 14.1. The van der Waals surface area contributed by atoms with Crippen molar-refractivity contribution in [2.24, 2.45) is 0 Å². The van der Waals surface area contributed by atoms with E-state index in [4.69, 9.17) is 0 Å². The van der Waals surface area contributed by atoms with Gasteiger partial charge in [-0.15, -0.1) is 0 Å². The molecule has 0 saturated heterocycles. The molecule has 20 heavy (non-hydrogen) atoms. The first-order valence-corrected chi connectivity index (χ1v) is 8.02. The third kappa shape index (κ3) is 3.90. The summed E-state index contributed by atoms with van der Waals surface area (Å²) in [7, 11) is 0. The van der Waals surface area contributed by atoms with E-state index in [1.807, 2.05) is 24.3 Å². The Kier molecular flexibility index (Phi) is 5.35. The van der Waals surface area contributed by atoms with Gasteiger partial charge in [-0.2, -0.15) is 0 Å². The Hall–Kier alpha value is -0.710. The van der Waals surface area contributed by atoms with Gasteiger partial charge in [0.05, 0.1) is 4.47 Å². The molecular weight excluding hydrogens is 385 g/mol. The van der Waals surface area contributed by atoms with Gasteiger partial charge in [0.15, 0.2) is 0 Å². The van der Waals surface area contributed by atoms with E-state index in [2.05, 4.69) is 63.2 Å². The summed E-state index contributed by atoms with van der Waals surface area (Å²) >= 11 is 6.71. The minimum atomic E-state index is -0.235. The molecule has 4 heteroatoms. The maximum atomic E-state index is 13.3. The van der Waals surface area contributed by atoms with Crippen molar-refractivity contribution in [1.29, 1.82) is 0 Å². The zero-order chi connectivity index (χ0) is 14.7. The number of halogens is 3. The van der Waals surface area contributed by atoms with Crippen molar-refractivity contribution in [3.8, 4) is 0 Å². The summed E-state index contributed by atoms with van der Waals surface area (Å²) in [5.74, 6) is -0.235. The molecule has 2 aromatic rings. The van der Waals surface area contributed by atoms with Crippen LogP contribution in [0.3, 0.4) is 0 Å². The number of hydrogen-bond donors (Lipinski definition) is 1. The molecule has 0 spiro atoms. The molecule has 1 nitrogen and oxygen atoms in total. The van der Waals surface area contributed by atoms with Crippen molar-refractivity contribution in [2.75, 3.05) is 0 Å². The first-order chi connectivity index (χ1) is 9.47. The highest BCUT2D eigenvalue weighted by atomic mass is 79.9. The molecule has 0 aliphatic rings. The Balaban J connectivity index is 2.10. The summed E-state index contributed by atoms with van der Waals surface area (Å²) in [4.78, 5) is 0. The summed E-state index contributed by atoms with van der Waals surface area (Å²) in [6, 6.07) is 13.7. The van der Waals surface area contributed by atoms with Crippen LogP contribution in [0.2, 0.25) is 0 Å². The van der Waals surface area contributed by atoms with Crippen LogP contribution in [0.5, 0.6) is 0 Å². The van der Waals surface area contributed by atoms with Gasteiger partial charge in [0.1, 0.15) is 5.82 Å². The lowest BCUT2D eigenvalue weighted by molar-refractivity contribution is 0.493. The van der Waals surface area contributed by atoms with Crippen LogP contribution in [0, 0.1) is 5.82 Å². The van der Waals surface area contributed by atoms with Crippen LogP contribution in [0.25, 0.3) is 0 Å². The van der Waals surface area contributed by atoms with Crippen LogP contribution >= 0.6 is 31.9 Å². The molecule has 0 saturated carbocycles. The van der Waals surface area contributed by atoms with E-state index in [1.54, 1.807) is 0 Å². The van der Waals surface area contributed by atoms with Crippen molar-refractivity contribution >= 4 is 31.9 Å². The molecule has 0 radical (unpaired) electrons. The van der Waals surface area contributed by atoms with Gasteiger partial charge in [0.25, 0.3) is 0 Å². The zero-order valence-corrected chi connectivity index (χ0v) is 14.5. The van der Waals surface area contributed by atoms with E-state index in [9.17, 15) is 4.39 Å². The van der Waals surface area contributed by atoms with Crippen molar-refractivity contribution in [3.05, 3.63) is 68.4 Å². The average Bonchev–Trinajstić information content (AvgIpc) is 2.41. The van der Waals surface area contributed by atoms with Crippen LogP contribution < -0.4 is 5.32 Å². The molecule has 0 heterocycles. The van der Waals surface area contributed by atoms with Crippen LogP contribution in [0.4, 0.5) is 4.39 Å². The summed E-state index contributed by atoms with van der Waals surface area (Å²) in [5, 5.41) is 3.52. The van der Waals surface area contributed by atoms with E-state index >= 15 is 0 Å². The summed E-state index contributed by atoms with van der Waals surface area (Å²) < 4.78 is 14.8. The molecule has 0 aliphatic heterocycles. The quantitative estimate of drug-likeness (QED) is 0.687. The average molecular weight is 401 g/mol. The molecular formula is C16H16Br2FN. The second-order valence-corrected chi connectivity index (χ2v) is 6.61. The molecule has 1 N–H and O–H groups in total. The molecule has 2 aromatic carbocycles. The highest BCUT2D eigenvalue weighted by Crippen LogP contribution is 2.24. The Labute approximate surface area is 135 Å². The van der Waals surface area contributed by atoms with E-state index in [0.717, 1.165) is 10.0 Å². The minimum absolute atomic E-state index is 0.140. The summed E-state index contributed by atoms with van der Waals surface area (Å²) in [5.41, 5.74) is 2.27. The SMILES string of the molecule is CC(N[C@H](C)c1cccc(Br)c1)c1ccc(F)c(Br)c1. The maximum Gasteiger partial charge on any atom is 0.137 e. The van der Waals surface area contributed by atoms with E-state index < -0.39 is 0 Å². The monoisotopic (exact) mass is 399 g/mol. The number of benzene rings is 2. The Morgan fingerprint density at radius 2 is 1.60 bits per heavy atom.